The van der Waals surface area contributed by atoms with Gasteiger partial charge in [0.15, 0.2) is 0 Å². The van der Waals surface area contributed by atoms with Gasteiger partial charge in [0.05, 0.1) is 11.0 Å². The third kappa shape index (κ3) is 2.79. The highest BCUT2D eigenvalue weighted by molar-refractivity contribution is 5.79. The summed E-state index contributed by atoms with van der Waals surface area (Å²) >= 11 is 0. The lowest BCUT2D eigenvalue weighted by atomic mass is 10.3. The Bertz CT molecular complexity index is 749. The van der Waals surface area contributed by atoms with E-state index in [0.29, 0.717) is 5.95 Å². The lowest BCUT2D eigenvalue weighted by Gasteiger charge is -2.07. The summed E-state index contributed by atoms with van der Waals surface area (Å²) in [6.45, 7) is 3.01. The minimum Gasteiger partial charge on any atom is -0.370 e. The number of hydrogen-bond donors (Lipinski definition) is 2. The van der Waals surface area contributed by atoms with E-state index >= 15 is 0 Å². The summed E-state index contributed by atoms with van der Waals surface area (Å²) in [6, 6.07) is 9.86. The van der Waals surface area contributed by atoms with Crippen molar-refractivity contribution in [2.75, 3.05) is 17.2 Å². The summed E-state index contributed by atoms with van der Waals surface area (Å²) in [7, 11) is 1.97. The van der Waals surface area contributed by atoms with Crippen LogP contribution in [0.15, 0.2) is 36.5 Å². The minimum absolute atomic E-state index is 0.537. The van der Waals surface area contributed by atoms with Gasteiger partial charge >= 0.3 is 0 Å². The number of aryl methyl sites for hydroxylation is 1. The van der Waals surface area contributed by atoms with Crippen LogP contribution in [0.4, 0.5) is 17.7 Å². The van der Waals surface area contributed by atoms with E-state index in [9.17, 15) is 0 Å². The van der Waals surface area contributed by atoms with Gasteiger partial charge in [-0.3, -0.25) is 5.32 Å². The van der Waals surface area contributed by atoms with Crippen LogP contribution in [0.2, 0.25) is 0 Å². The second kappa shape index (κ2) is 5.78. The van der Waals surface area contributed by atoms with Crippen molar-refractivity contribution >= 4 is 28.7 Å². The Balaban J connectivity index is 1.86. The lowest BCUT2D eigenvalue weighted by Crippen LogP contribution is -2.06. The van der Waals surface area contributed by atoms with Gasteiger partial charge in [-0.25, -0.2) is 9.97 Å². The van der Waals surface area contributed by atoms with Crippen molar-refractivity contribution in [3.05, 3.63) is 36.5 Å². The van der Waals surface area contributed by atoms with E-state index in [4.69, 9.17) is 0 Å². The van der Waals surface area contributed by atoms with Crippen molar-refractivity contribution in [3.8, 4) is 0 Å². The first kappa shape index (κ1) is 13.4. The predicted molar refractivity (Wildman–Crippen MR) is 84.8 cm³/mol. The van der Waals surface area contributed by atoms with Gasteiger partial charge in [-0.2, -0.15) is 4.98 Å². The first-order valence-electron chi connectivity index (χ1n) is 7.03. The molecule has 2 heterocycles. The molecule has 3 rings (SSSR count). The molecular formula is C15H18N6. The number of rotatable bonds is 5. The molecule has 1 aromatic carbocycles. The largest absolute Gasteiger partial charge is 0.370 e. The zero-order valence-electron chi connectivity index (χ0n) is 12.2. The summed E-state index contributed by atoms with van der Waals surface area (Å²) in [5.41, 5.74) is 2.02. The summed E-state index contributed by atoms with van der Waals surface area (Å²) in [6.07, 6.45) is 2.79. The first-order valence-corrected chi connectivity index (χ1v) is 7.03. The van der Waals surface area contributed by atoms with Crippen LogP contribution in [0.3, 0.4) is 0 Å². The van der Waals surface area contributed by atoms with Crippen molar-refractivity contribution in [2.45, 2.75) is 13.3 Å². The minimum atomic E-state index is 0.537. The molecule has 0 saturated carbocycles. The highest BCUT2D eigenvalue weighted by atomic mass is 15.3. The maximum Gasteiger partial charge on any atom is 0.231 e. The molecule has 6 heteroatoms. The fraction of sp³-hybridized carbons (Fsp3) is 0.267. The second-order valence-corrected chi connectivity index (χ2v) is 4.80. The van der Waals surface area contributed by atoms with Crippen molar-refractivity contribution in [1.82, 2.24) is 19.5 Å². The van der Waals surface area contributed by atoms with E-state index in [2.05, 4.69) is 32.5 Å². The molecule has 108 valence electrons. The third-order valence-electron chi connectivity index (χ3n) is 3.22. The van der Waals surface area contributed by atoms with Gasteiger partial charge in [0, 0.05) is 19.8 Å². The lowest BCUT2D eigenvalue weighted by molar-refractivity contribution is 0.944. The van der Waals surface area contributed by atoms with Crippen LogP contribution in [-0.2, 0) is 7.05 Å². The van der Waals surface area contributed by atoms with E-state index < -0.39 is 0 Å². The van der Waals surface area contributed by atoms with Gasteiger partial charge in [0.25, 0.3) is 0 Å². The molecule has 2 aromatic heterocycles. The van der Waals surface area contributed by atoms with Crippen LogP contribution < -0.4 is 10.6 Å². The van der Waals surface area contributed by atoms with Crippen LogP contribution in [0.1, 0.15) is 13.3 Å². The molecule has 0 fully saturated rings. The molecular weight excluding hydrogens is 264 g/mol. The predicted octanol–water partition coefficient (Wildman–Crippen LogP) is 2.93. The second-order valence-electron chi connectivity index (χ2n) is 4.80. The average molecular weight is 282 g/mol. The van der Waals surface area contributed by atoms with Crippen LogP contribution in [0.25, 0.3) is 11.0 Å². The number of aromatic nitrogens is 4. The Morgan fingerprint density at radius 1 is 1.14 bits per heavy atom. The van der Waals surface area contributed by atoms with Gasteiger partial charge < -0.3 is 9.88 Å². The van der Waals surface area contributed by atoms with Crippen LogP contribution in [0, 0.1) is 0 Å². The number of hydrogen-bond acceptors (Lipinski definition) is 5. The Morgan fingerprint density at radius 2 is 2.00 bits per heavy atom. The van der Waals surface area contributed by atoms with E-state index in [0.717, 1.165) is 35.8 Å². The molecule has 0 aliphatic rings. The first-order chi connectivity index (χ1) is 10.3. The zero-order valence-corrected chi connectivity index (χ0v) is 12.2. The summed E-state index contributed by atoms with van der Waals surface area (Å²) in [4.78, 5) is 13.2. The quantitative estimate of drug-likeness (QED) is 0.753. The topological polar surface area (TPSA) is 67.7 Å². The molecule has 0 saturated heterocycles. The van der Waals surface area contributed by atoms with E-state index in [-0.39, 0.29) is 0 Å². The number of anilines is 3. The molecule has 0 radical (unpaired) electrons. The highest BCUT2D eigenvalue weighted by Gasteiger charge is 2.08. The van der Waals surface area contributed by atoms with Crippen LogP contribution in [-0.4, -0.2) is 26.1 Å². The number of imidazole rings is 1. The van der Waals surface area contributed by atoms with Crippen molar-refractivity contribution in [1.29, 1.82) is 0 Å². The molecule has 0 unspecified atom stereocenters. The van der Waals surface area contributed by atoms with Gasteiger partial charge in [0.1, 0.15) is 5.82 Å². The number of nitrogens with zero attached hydrogens (tertiary/aromatic N) is 4. The van der Waals surface area contributed by atoms with E-state index in [1.807, 2.05) is 41.9 Å². The maximum absolute atomic E-state index is 4.55. The molecule has 3 aromatic rings. The molecule has 21 heavy (non-hydrogen) atoms. The van der Waals surface area contributed by atoms with Gasteiger partial charge in [-0.05, 0) is 24.6 Å². The molecule has 0 amide bonds. The van der Waals surface area contributed by atoms with Gasteiger partial charge in [0.2, 0.25) is 11.9 Å². The molecule has 6 nitrogen and oxygen atoms in total. The summed E-state index contributed by atoms with van der Waals surface area (Å²) in [5, 5.41) is 6.41. The molecule has 0 aliphatic heterocycles. The summed E-state index contributed by atoms with van der Waals surface area (Å²) < 4.78 is 1.99. The molecule has 0 spiro atoms. The molecule has 0 atom stereocenters. The summed E-state index contributed by atoms with van der Waals surface area (Å²) in [5.74, 6) is 2.08. The zero-order chi connectivity index (χ0) is 14.7. The smallest absolute Gasteiger partial charge is 0.231 e. The van der Waals surface area contributed by atoms with E-state index in [1.165, 1.54) is 0 Å². The van der Waals surface area contributed by atoms with E-state index in [1.54, 1.807) is 6.20 Å². The highest BCUT2D eigenvalue weighted by Crippen LogP contribution is 2.20. The number of benzene rings is 1. The van der Waals surface area contributed by atoms with Crippen molar-refractivity contribution < 1.29 is 0 Å². The van der Waals surface area contributed by atoms with Gasteiger partial charge in [-0.15, -0.1) is 0 Å². The standard InChI is InChI=1S/C15H18N6/c1-3-9-16-13-8-10-17-14(19-13)20-15-18-11-6-4-5-7-12(11)21(15)2/h4-8,10H,3,9H2,1-2H3,(H2,16,17,18,19,20). The SMILES string of the molecule is CCCNc1ccnc(Nc2nc3ccccc3n2C)n1. The van der Waals surface area contributed by atoms with Crippen molar-refractivity contribution in [2.24, 2.45) is 7.05 Å². The molecule has 2 N–H and O–H groups in total. The Kier molecular flexibility index (Phi) is 3.68. The Labute approximate surface area is 123 Å². The van der Waals surface area contributed by atoms with Crippen LogP contribution >= 0.6 is 0 Å². The number of para-hydroxylation sites is 2. The van der Waals surface area contributed by atoms with Crippen molar-refractivity contribution in [3.63, 3.8) is 0 Å². The molecule has 0 aliphatic carbocycles. The van der Waals surface area contributed by atoms with Gasteiger partial charge in [-0.1, -0.05) is 19.1 Å². The third-order valence-corrected chi connectivity index (χ3v) is 3.22. The maximum atomic E-state index is 4.55. The molecule has 0 bridgehead atoms. The normalized spacial score (nSPS) is 10.8. The number of fused-ring (bicyclic) bond motifs is 1. The fourth-order valence-corrected chi connectivity index (χ4v) is 2.13. The average Bonchev–Trinajstić information content (AvgIpc) is 2.82. The number of nitrogens with one attached hydrogen (secondary N) is 2. The van der Waals surface area contributed by atoms with Crippen LogP contribution in [0.5, 0.6) is 0 Å². The Morgan fingerprint density at radius 3 is 2.81 bits per heavy atom. The fourth-order valence-electron chi connectivity index (χ4n) is 2.13. The Hall–Kier alpha value is -2.63. The monoisotopic (exact) mass is 282 g/mol.